The summed E-state index contributed by atoms with van der Waals surface area (Å²) >= 11 is 0. The average molecular weight is 242 g/mol. The van der Waals surface area contributed by atoms with Gasteiger partial charge in [0.1, 0.15) is 5.75 Å². The highest BCUT2D eigenvalue weighted by Crippen LogP contribution is 2.36. The van der Waals surface area contributed by atoms with Gasteiger partial charge in [0, 0.05) is 0 Å². The summed E-state index contributed by atoms with van der Waals surface area (Å²) in [6.45, 7) is 7.87. The van der Waals surface area contributed by atoms with Crippen molar-refractivity contribution in [3.63, 3.8) is 0 Å². The highest BCUT2D eigenvalue weighted by molar-refractivity contribution is 5.51. The number of phenolic OH excluding ortho intramolecular Hbond substituents is 1. The fourth-order valence-corrected chi connectivity index (χ4v) is 2.07. The van der Waals surface area contributed by atoms with E-state index in [0.717, 1.165) is 28.0 Å². The highest BCUT2D eigenvalue weighted by atomic mass is 16.5. The van der Waals surface area contributed by atoms with Gasteiger partial charge in [-0.3, -0.25) is 0 Å². The lowest BCUT2D eigenvalue weighted by Crippen LogP contribution is -1.93. The van der Waals surface area contributed by atoms with Gasteiger partial charge in [-0.1, -0.05) is 24.3 Å². The molecule has 2 heteroatoms. The fraction of sp³-hybridized carbons (Fsp3) is 0.250. The Kier molecular flexibility index (Phi) is 3.28. The molecule has 0 saturated heterocycles. The Bertz CT molecular complexity index is 566. The number of hydrogen-bond acceptors (Lipinski definition) is 2. The molecule has 2 aromatic rings. The third kappa shape index (κ3) is 2.33. The molecule has 0 bridgehead atoms. The van der Waals surface area contributed by atoms with Crippen LogP contribution in [-0.2, 0) is 0 Å². The van der Waals surface area contributed by atoms with Crippen LogP contribution < -0.4 is 4.74 Å². The van der Waals surface area contributed by atoms with Crippen LogP contribution in [0.5, 0.6) is 17.2 Å². The number of ether oxygens (including phenoxy) is 1. The van der Waals surface area contributed by atoms with Crippen molar-refractivity contribution in [1.29, 1.82) is 0 Å². The van der Waals surface area contributed by atoms with Crippen molar-refractivity contribution in [3.05, 3.63) is 52.6 Å². The number of para-hydroxylation sites is 1. The monoisotopic (exact) mass is 242 g/mol. The molecule has 0 atom stereocenters. The van der Waals surface area contributed by atoms with E-state index in [-0.39, 0.29) is 5.75 Å². The normalized spacial score (nSPS) is 10.4. The first kappa shape index (κ1) is 12.5. The van der Waals surface area contributed by atoms with Crippen molar-refractivity contribution in [2.75, 3.05) is 0 Å². The van der Waals surface area contributed by atoms with E-state index in [1.807, 2.05) is 58.0 Å². The van der Waals surface area contributed by atoms with E-state index in [2.05, 4.69) is 0 Å². The number of hydrogen-bond donors (Lipinski definition) is 1. The molecule has 0 unspecified atom stereocenters. The van der Waals surface area contributed by atoms with Crippen molar-refractivity contribution < 1.29 is 9.84 Å². The van der Waals surface area contributed by atoms with Gasteiger partial charge in [-0.25, -0.2) is 0 Å². The van der Waals surface area contributed by atoms with E-state index in [1.165, 1.54) is 0 Å². The largest absolute Gasteiger partial charge is 0.504 e. The van der Waals surface area contributed by atoms with E-state index < -0.39 is 0 Å². The lowest BCUT2D eigenvalue weighted by atomic mass is 10.1. The molecular weight excluding hydrogens is 224 g/mol. The highest BCUT2D eigenvalue weighted by Gasteiger charge is 2.10. The van der Waals surface area contributed by atoms with Gasteiger partial charge in [0.2, 0.25) is 0 Å². The molecule has 0 saturated carbocycles. The molecule has 1 N–H and O–H groups in total. The minimum Gasteiger partial charge on any atom is -0.504 e. The quantitative estimate of drug-likeness (QED) is 0.844. The van der Waals surface area contributed by atoms with Crippen LogP contribution in [0.2, 0.25) is 0 Å². The summed E-state index contributed by atoms with van der Waals surface area (Å²) in [5.74, 6) is 1.55. The van der Waals surface area contributed by atoms with E-state index in [4.69, 9.17) is 4.74 Å². The number of phenols is 1. The van der Waals surface area contributed by atoms with Crippen LogP contribution in [0.3, 0.4) is 0 Å². The lowest BCUT2D eigenvalue weighted by molar-refractivity contribution is 0.405. The van der Waals surface area contributed by atoms with Gasteiger partial charge >= 0.3 is 0 Å². The van der Waals surface area contributed by atoms with E-state index in [9.17, 15) is 5.11 Å². The molecule has 0 radical (unpaired) electrons. The van der Waals surface area contributed by atoms with Crippen LogP contribution in [0.1, 0.15) is 22.3 Å². The molecule has 2 aromatic carbocycles. The molecular formula is C16H18O2. The van der Waals surface area contributed by atoms with Gasteiger partial charge in [-0.2, -0.15) is 0 Å². The van der Waals surface area contributed by atoms with Crippen LogP contribution in [0.15, 0.2) is 30.3 Å². The summed E-state index contributed by atoms with van der Waals surface area (Å²) in [5.41, 5.74) is 4.03. The number of aryl methyl sites for hydroxylation is 4. The minimum absolute atomic E-state index is 0.211. The van der Waals surface area contributed by atoms with Crippen molar-refractivity contribution in [2.24, 2.45) is 0 Å². The van der Waals surface area contributed by atoms with Crippen molar-refractivity contribution in [2.45, 2.75) is 27.7 Å². The van der Waals surface area contributed by atoms with Gasteiger partial charge < -0.3 is 9.84 Å². The molecule has 0 amide bonds. The Morgan fingerprint density at radius 3 is 2.11 bits per heavy atom. The van der Waals surface area contributed by atoms with Crippen LogP contribution >= 0.6 is 0 Å². The minimum atomic E-state index is 0.211. The zero-order chi connectivity index (χ0) is 13.3. The van der Waals surface area contributed by atoms with Gasteiger partial charge in [0.15, 0.2) is 11.5 Å². The van der Waals surface area contributed by atoms with Gasteiger partial charge in [-0.05, 0) is 56.0 Å². The zero-order valence-corrected chi connectivity index (χ0v) is 11.2. The zero-order valence-electron chi connectivity index (χ0n) is 11.2. The van der Waals surface area contributed by atoms with Crippen molar-refractivity contribution >= 4 is 0 Å². The first-order valence-electron chi connectivity index (χ1n) is 6.03. The summed E-state index contributed by atoms with van der Waals surface area (Å²) in [6, 6.07) is 9.80. The molecule has 0 spiro atoms. The third-order valence-electron chi connectivity index (χ3n) is 3.03. The molecule has 0 aliphatic rings. The van der Waals surface area contributed by atoms with Crippen molar-refractivity contribution in [3.8, 4) is 17.2 Å². The van der Waals surface area contributed by atoms with E-state index in [0.29, 0.717) is 5.75 Å². The first-order chi connectivity index (χ1) is 8.49. The number of benzene rings is 2. The maximum Gasteiger partial charge on any atom is 0.169 e. The van der Waals surface area contributed by atoms with E-state index in [1.54, 1.807) is 0 Å². The standard InChI is InChI=1S/C16H18O2/c1-10-8-13(4)15(17)14(9-10)18-16-11(2)6-5-7-12(16)3/h5-9,17H,1-4H3. The number of rotatable bonds is 2. The summed E-state index contributed by atoms with van der Waals surface area (Å²) in [4.78, 5) is 0. The summed E-state index contributed by atoms with van der Waals surface area (Å²) < 4.78 is 5.88. The molecule has 0 aromatic heterocycles. The summed E-state index contributed by atoms with van der Waals surface area (Å²) in [7, 11) is 0. The number of aromatic hydroxyl groups is 1. The maximum atomic E-state index is 10.0. The molecule has 0 aliphatic heterocycles. The fourth-order valence-electron chi connectivity index (χ4n) is 2.07. The van der Waals surface area contributed by atoms with Crippen LogP contribution in [0, 0.1) is 27.7 Å². The van der Waals surface area contributed by atoms with Crippen LogP contribution in [0.4, 0.5) is 0 Å². The average Bonchev–Trinajstić information content (AvgIpc) is 2.30. The van der Waals surface area contributed by atoms with Gasteiger partial charge in [0.25, 0.3) is 0 Å². The second-order valence-electron chi connectivity index (χ2n) is 4.75. The molecule has 0 fully saturated rings. The summed E-state index contributed by atoms with van der Waals surface area (Å²) in [5, 5.41) is 10.0. The third-order valence-corrected chi connectivity index (χ3v) is 3.03. The van der Waals surface area contributed by atoms with Crippen molar-refractivity contribution in [1.82, 2.24) is 0 Å². The van der Waals surface area contributed by atoms with E-state index >= 15 is 0 Å². The predicted octanol–water partition coefficient (Wildman–Crippen LogP) is 4.42. The predicted molar refractivity (Wildman–Crippen MR) is 73.6 cm³/mol. The lowest BCUT2D eigenvalue weighted by Gasteiger charge is -2.14. The first-order valence-corrected chi connectivity index (χ1v) is 6.03. The second-order valence-corrected chi connectivity index (χ2v) is 4.75. The SMILES string of the molecule is Cc1cc(C)c(O)c(Oc2c(C)cccc2C)c1. The maximum absolute atomic E-state index is 10.0. The van der Waals surface area contributed by atoms with Gasteiger partial charge in [-0.15, -0.1) is 0 Å². The Hall–Kier alpha value is -1.96. The smallest absolute Gasteiger partial charge is 0.169 e. The van der Waals surface area contributed by atoms with Crippen LogP contribution in [-0.4, -0.2) is 5.11 Å². The molecule has 0 aliphatic carbocycles. The molecule has 94 valence electrons. The topological polar surface area (TPSA) is 29.5 Å². The molecule has 18 heavy (non-hydrogen) atoms. The molecule has 2 rings (SSSR count). The summed E-state index contributed by atoms with van der Waals surface area (Å²) in [6.07, 6.45) is 0. The Balaban J connectivity index is 2.46. The molecule has 2 nitrogen and oxygen atoms in total. The Morgan fingerprint density at radius 2 is 1.50 bits per heavy atom. The van der Waals surface area contributed by atoms with Gasteiger partial charge in [0.05, 0.1) is 0 Å². The van der Waals surface area contributed by atoms with Crippen LogP contribution in [0.25, 0.3) is 0 Å². The second kappa shape index (κ2) is 4.73. The Labute approximate surface area is 108 Å². The molecule has 0 heterocycles. The Morgan fingerprint density at radius 1 is 0.889 bits per heavy atom.